The van der Waals surface area contributed by atoms with Crippen LogP contribution in [0.4, 0.5) is 10.5 Å². The Morgan fingerprint density at radius 3 is 2.62 bits per heavy atom. The second-order valence-electron chi connectivity index (χ2n) is 9.05. The molecule has 1 aliphatic heterocycles. The van der Waals surface area contributed by atoms with Crippen molar-refractivity contribution in [3.05, 3.63) is 94.9 Å². The summed E-state index contributed by atoms with van der Waals surface area (Å²) in [4.78, 5) is 31.2. The highest BCUT2D eigenvalue weighted by Gasteiger charge is 2.25. The van der Waals surface area contributed by atoms with Gasteiger partial charge in [-0.3, -0.25) is 24.8 Å². The van der Waals surface area contributed by atoms with E-state index in [1.807, 2.05) is 42.5 Å². The smallest absolute Gasteiger partial charge is 0.490 e. The van der Waals surface area contributed by atoms with Crippen LogP contribution in [-0.4, -0.2) is 44.0 Å². The quantitative estimate of drug-likeness (QED) is 0.0814. The number of non-ortho nitro benzene ring substituents is 1. The minimum Gasteiger partial charge on any atom is -0.490 e. The summed E-state index contributed by atoms with van der Waals surface area (Å²) in [6.07, 6.45) is 4.63. The summed E-state index contributed by atoms with van der Waals surface area (Å²) in [5.41, 5.74) is 5.67. The molecule has 0 amide bonds. The summed E-state index contributed by atoms with van der Waals surface area (Å²) >= 11 is 0. The van der Waals surface area contributed by atoms with Gasteiger partial charge < -0.3 is 14.2 Å². The van der Waals surface area contributed by atoms with Crippen LogP contribution in [0.15, 0.2) is 79.1 Å². The lowest BCUT2D eigenvalue weighted by molar-refractivity contribution is -0.384. The van der Waals surface area contributed by atoms with Crippen LogP contribution in [0.25, 0.3) is 33.4 Å². The van der Waals surface area contributed by atoms with Crippen LogP contribution in [0, 0.1) is 10.1 Å². The van der Waals surface area contributed by atoms with Crippen molar-refractivity contribution in [1.29, 1.82) is 0 Å². The third kappa shape index (κ3) is 5.04. The van der Waals surface area contributed by atoms with Crippen molar-refractivity contribution < 1.29 is 23.9 Å². The highest BCUT2D eigenvalue weighted by molar-refractivity contribution is 5.99. The van der Waals surface area contributed by atoms with Crippen molar-refractivity contribution in [3.8, 4) is 34.0 Å². The molecule has 0 saturated carbocycles. The first kappa shape index (κ1) is 25.0. The Morgan fingerprint density at radius 1 is 0.975 bits per heavy atom. The first-order valence-electron chi connectivity index (χ1n) is 12.7. The van der Waals surface area contributed by atoms with Gasteiger partial charge in [-0.2, -0.15) is 5.10 Å². The van der Waals surface area contributed by atoms with Gasteiger partial charge in [0.2, 0.25) is 0 Å². The van der Waals surface area contributed by atoms with Crippen LogP contribution in [0.2, 0.25) is 0 Å². The van der Waals surface area contributed by atoms with Gasteiger partial charge in [0.25, 0.3) is 5.69 Å². The highest BCUT2D eigenvalue weighted by atomic mass is 16.7. The summed E-state index contributed by atoms with van der Waals surface area (Å²) in [6.45, 7) is 0.939. The molecule has 0 aliphatic carbocycles. The summed E-state index contributed by atoms with van der Waals surface area (Å²) < 4.78 is 17.9. The zero-order valence-corrected chi connectivity index (χ0v) is 21.2. The zero-order chi connectivity index (χ0) is 27.5. The molecule has 0 bridgehead atoms. The number of fused-ring (bicyclic) bond motifs is 2. The number of ether oxygens (including phenoxy) is 3. The maximum Gasteiger partial charge on any atom is 0.513 e. The summed E-state index contributed by atoms with van der Waals surface area (Å²) in [7, 11) is 0. The van der Waals surface area contributed by atoms with Crippen LogP contribution in [0.5, 0.6) is 11.5 Å². The van der Waals surface area contributed by atoms with Crippen molar-refractivity contribution in [1.82, 2.24) is 19.7 Å². The van der Waals surface area contributed by atoms with Gasteiger partial charge in [-0.15, -0.1) is 0 Å². The number of rotatable bonds is 8. The van der Waals surface area contributed by atoms with E-state index in [2.05, 4.69) is 14.6 Å². The van der Waals surface area contributed by atoms with Gasteiger partial charge in [0, 0.05) is 53.8 Å². The minimum atomic E-state index is -0.931. The van der Waals surface area contributed by atoms with Gasteiger partial charge in [0.15, 0.2) is 0 Å². The third-order valence-electron chi connectivity index (χ3n) is 6.55. The molecular weight excluding hydrogens is 514 g/mol. The van der Waals surface area contributed by atoms with Crippen LogP contribution < -0.4 is 9.47 Å². The molecule has 6 rings (SSSR count). The molecule has 2 aromatic carbocycles. The van der Waals surface area contributed by atoms with E-state index in [0.29, 0.717) is 5.75 Å². The Balaban J connectivity index is 1.14. The monoisotopic (exact) mass is 537 g/mol. The zero-order valence-electron chi connectivity index (χ0n) is 21.2. The number of carbonyl (C=O) groups is 1. The largest absolute Gasteiger partial charge is 0.513 e. The second-order valence-corrected chi connectivity index (χ2v) is 9.05. The lowest BCUT2D eigenvalue weighted by atomic mass is 9.96. The molecular formula is C29H23N5O6. The SMILES string of the molecule is O=C(OCCOc1ccc2c(-c3c(-c4ccccn4)nn4c3CCC4)ccnc2c1)Oc1ccc([N+](=O)[O-])cc1. The van der Waals surface area contributed by atoms with Gasteiger partial charge >= 0.3 is 6.16 Å². The molecule has 11 nitrogen and oxygen atoms in total. The van der Waals surface area contributed by atoms with Gasteiger partial charge in [0.1, 0.15) is 30.4 Å². The molecule has 0 unspecified atom stereocenters. The predicted molar refractivity (Wildman–Crippen MR) is 145 cm³/mol. The molecule has 11 heteroatoms. The van der Waals surface area contributed by atoms with E-state index in [9.17, 15) is 14.9 Å². The number of pyridine rings is 2. The Labute approximate surface area is 228 Å². The number of nitro benzene ring substituents is 1. The van der Waals surface area contributed by atoms with Crippen molar-refractivity contribution in [3.63, 3.8) is 0 Å². The standard InChI is InChI=1S/C29H23N5O6/c35-29(40-20-8-6-19(7-9-20)34(36)37)39-17-16-38-21-10-11-22-23(12-14-31-25(22)18-21)27-26-5-3-15-33(26)32-28(27)24-4-1-2-13-30-24/h1-2,4,6-14,18H,3,5,15-17H2. The number of aromatic nitrogens is 4. The maximum atomic E-state index is 11.9. The fourth-order valence-electron chi connectivity index (χ4n) is 4.78. The van der Waals surface area contributed by atoms with Crippen LogP contribution >= 0.6 is 0 Å². The second kappa shape index (κ2) is 10.8. The van der Waals surface area contributed by atoms with E-state index >= 15 is 0 Å². The van der Waals surface area contributed by atoms with Gasteiger partial charge in [-0.1, -0.05) is 6.07 Å². The van der Waals surface area contributed by atoms with Crippen LogP contribution in [-0.2, 0) is 17.7 Å². The molecule has 40 heavy (non-hydrogen) atoms. The third-order valence-corrected chi connectivity index (χ3v) is 6.55. The number of hydrogen-bond acceptors (Lipinski definition) is 9. The number of nitro groups is 1. The van der Waals surface area contributed by atoms with Crippen molar-refractivity contribution in [2.75, 3.05) is 13.2 Å². The minimum absolute atomic E-state index is 0.0483. The first-order chi connectivity index (χ1) is 19.6. The van der Waals surface area contributed by atoms with Gasteiger partial charge in [-0.05, 0) is 60.9 Å². The summed E-state index contributed by atoms with van der Waals surface area (Å²) in [5, 5.41) is 16.6. The van der Waals surface area contributed by atoms with E-state index in [1.54, 1.807) is 12.4 Å². The number of carbonyl (C=O) groups excluding carboxylic acids is 1. The van der Waals surface area contributed by atoms with E-state index in [-0.39, 0.29) is 24.7 Å². The average molecular weight is 538 g/mol. The lowest BCUT2D eigenvalue weighted by Gasteiger charge is -2.11. The number of nitrogens with zero attached hydrogens (tertiary/aromatic N) is 5. The van der Waals surface area contributed by atoms with E-state index in [0.717, 1.165) is 52.8 Å². The van der Waals surface area contributed by atoms with E-state index in [1.165, 1.54) is 30.0 Å². The first-order valence-corrected chi connectivity index (χ1v) is 12.7. The summed E-state index contributed by atoms with van der Waals surface area (Å²) in [6, 6.07) is 18.6. The normalized spacial score (nSPS) is 12.2. The molecule has 5 aromatic rings. The molecule has 0 spiro atoms. The molecule has 4 heterocycles. The van der Waals surface area contributed by atoms with Gasteiger partial charge in [-0.25, -0.2) is 4.79 Å². The Kier molecular flexibility index (Phi) is 6.75. The van der Waals surface area contributed by atoms with E-state index in [4.69, 9.17) is 19.3 Å². The Bertz CT molecular complexity index is 1700. The van der Waals surface area contributed by atoms with Gasteiger partial charge in [0.05, 0.1) is 16.1 Å². The van der Waals surface area contributed by atoms with Crippen molar-refractivity contribution >= 4 is 22.7 Å². The molecule has 0 N–H and O–H groups in total. The Hall–Kier alpha value is -5.32. The fraction of sp³-hybridized carbons (Fsp3) is 0.172. The number of hydrogen-bond donors (Lipinski definition) is 0. The Morgan fingerprint density at radius 2 is 1.82 bits per heavy atom. The lowest BCUT2D eigenvalue weighted by Crippen LogP contribution is -2.15. The highest BCUT2D eigenvalue weighted by Crippen LogP contribution is 2.40. The number of benzene rings is 2. The molecule has 0 atom stereocenters. The molecule has 3 aromatic heterocycles. The molecule has 0 fully saturated rings. The maximum absolute atomic E-state index is 11.9. The molecule has 0 saturated heterocycles. The number of aryl methyl sites for hydroxylation is 1. The van der Waals surface area contributed by atoms with Crippen LogP contribution in [0.3, 0.4) is 0 Å². The van der Waals surface area contributed by atoms with E-state index < -0.39 is 11.1 Å². The van der Waals surface area contributed by atoms with Crippen LogP contribution in [0.1, 0.15) is 12.1 Å². The predicted octanol–water partition coefficient (Wildman–Crippen LogP) is 5.61. The van der Waals surface area contributed by atoms with Crippen molar-refractivity contribution in [2.45, 2.75) is 19.4 Å². The molecule has 200 valence electrons. The summed E-state index contributed by atoms with van der Waals surface area (Å²) in [5.74, 6) is 0.720. The topological polar surface area (TPSA) is 132 Å². The average Bonchev–Trinajstić information content (AvgIpc) is 3.57. The fourth-order valence-corrected chi connectivity index (χ4v) is 4.78. The molecule has 0 radical (unpaired) electrons. The van der Waals surface area contributed by atoms with Crippen molar-refractivity contribution in [2.24, 2.45) is 0 Å². The molecule has 1 aliphatic rings.